The Morgan fingerprint density at radius 1 is 1.06 bits per heavy atom. The number of hydrogen-bond acceptors (Lipinski definition) is 4. The number of pyridine rings is 2. The number of benzene rings is 1. The second kappa shape index (κ2) is 9.94. The lowest BCUT2D eigenvalue weighted by molar-refractivity contribution is -0.114. The molecule has 3 N–H and O–H groups in total. The first-order valence-electron chi connectivity index (χ1n) is 11.0. The third kappa shape index (κ3) is 6.47. The second-order valence-electron chi connectivity index (χ2n) is 9.17. The van der Waals surface area contributed by atoms with Gasteiger partial charge < -0.3 is 16.0 Å². The van der Waals surface area contributed by atoms with Gasteiger partial charge in [0.25, 0.3) is 0 Å². The lowest BCUT2D eigenvalue weighted by Gasteiger charge is -2.18. The van der Waals surface area contributed by atoms with Crippen LogP contribution >= 0.6 is 0 Å². The fourth-order valence-electron chi connectivity index (χ4n) is 3.39. The topological polar surface area (TPSA) is 96.0 Å². The van der Waals surface area contributed by atoms with E-state index in [-0.39, 0.29) is 17.4 Å². The summed E-state index contributed by atoms with van der Waals surface area (Å²) in [6.07, 6.45) is 3.02. The number of nitrogens with one attached hydrogen (secondary N) is 3. The van der Waals surface area contributed by atoms with Crippen LogP contribution in [0.1, 0.15) is 46.7 Å². The van der Waals surface area contributed by atoms with Gasteiger partial charge in [0.05, 0.1) is 5.52 Å². The van der Waals surface area contributed by atoms with Crippen LogP contribution in [0, 0.1) is 11.2 Å². The van der Waals surface area contributed by atoms with Crippen LogP contribution in [-0.2, 0) is 11.2 Å². The van der Waals surface area contributed by atoms with Gasteiger partial charge in [0, 0.05) is 53.6 Å². The van der Waals surface area contributed by atoms with Crippen molar-refractivity contribution in [2.24, 2.45) is 5.41 Å². The smallest absolute Gasteiger partial charge is 0.319 e. The van der Waals surface area contributed by atoms with Gasteiger partial charge in [0.2, 0.25) is 5.91 Å². The molecule has 0 radical (unpaired) electrons. The predicted octanol–water partition coefficient (Wildman–Crippen LogP) is 5.51. The zero-order valence-corrected chi connectivity index (χ0v) is 19.7. The molecule has 0 fully saturated rings. The molecule has 3 rings (SSSR count). The van der Waals surface area contributed by atoms with Gasteiger partial charge in [-0.15, -0.1) is 0 Å². The van der Waals surface area contributed by atoms with E-state index in [1.807, 2.05) is 13.0 Å². The van der Waals surface area contributed by atoms with Gasteiger partial charge in [-0.3, -0.25) is 9.78 Å². The van der Waals surface area contributed by atoms with Crippen LogP contribution in [0.15, 0.2) is 36.5 Å². The van der Waals surface area contributed by atoms with Crippen molar-refractivity contribution in [3.63, 3.8) is 0 Å². The highest BCUT2D eigenvalue weighted by Gasteiger charge is 2.15. The van der Waals surface area contributed by atoms with Crippen LogP contribution in [0.5, 0.6) is 0 Å². The van der Waals surface area contributed by atoms with E-state index in [0.717, 1.165) is 6.42 Å². The molecule has 7 nitrogen and oxygen atoms in total. The van der Waals surface area contributed by atoms with Crippen molar-refractivity contribution < 1.29 is 14.0 Å². The number of nitrogens with zero attached hydrogens (tertiary/aromatic N) is 2. The molecule has 2 heterocycles. The quantitative estimate of drug-likeness (QED) is 0.460. The summed E-state index contributed by atoms with van der Waals surface area (Å²) in [4.78, 5) is 32.5. The molecule has 0 aliphatic carbocycles. The van der Waals surface area contributed by atoms with Crippen LogP contribution in [0.3, 0.4) is 0 Å². The minimum atomic E-state index is -0.410. The normalized spacial score (nSPS) is 11.3. The van der Waals surface area contributed by atoms with Crippen molar-refractivity contribution >= 4 is 34.3 Å². The van der Waals surface area contributed by atoms with Crippen molar-refractivity contribution in [1.82, 2.24) is 15.3 Å². The summed E-state index contributed by atoms with van der Waals surface area (Å²) < 4.78 is 14.8. The number of aromatic nitrogens is 2. The number of urea groups is 1. The summed E-state index contributed by atoms with van der Waals surface area (Å²) in [6.45, 7) is 10.2. The van der Waals surface area contributed by atoms with Gasteiger partial charge in [-0.1, -0.05) is 27.7 Å². The van der Waals surface area contributed by atoms with Crippen molar-refractivity contribution in [3.8, 4) is 11.1 Å². The Balaban J connectivity index is 1.89. The molecule has 0 unspecified atom stereocenters. The van der Waals surface area contributed by atoms with Crippen molar-refractivity contribution in [3.05, 3.63) is 48.0 Å². The first kappa shape index (κ1) is 24.1. The van der Waals surface area contributed by atoms with Gasteiger partial charge in [0.15, 0.2) is 0 Å². The monoisotopic (exact) mass is 451 g/mol. The largest absolute Gasteiger partial charge is 0.338 e. The molecule has 0 aliphatic heterocycles. The van der Waals surface area contributed by atoms with E-state index >= 15 is 0 Å². The summed E-state index contributed by atoms with van der Waals surface area (Å²) in [7, 11) is 0. The number of anilines is 2. The van der Waals surface area contributed by atoms with E-state index in [9.17, 15) is 14.0 Å². The Morgan fingerprint density at radius 2 is 1.82 bits per heavy atom. The minimum Gasteiger partial charge on any atom is -0.338 e. The molecule has 8 heteroatoms. The van der Waals surface area contributed by atoms with Gasteiger partial charge in [0.1, 0.15) is 11.6 Å². The van der Waals surface area contributed by atoms with Crippen LogP contribution in [-0.4, -0.2) is 28.5 Å². The molecule has 2 aromatic heterocycles. The van der Waals surface area contributed by atoms with Crippen LogP contribution < -0.4 is 16.0 Å². The molecule has 1 aromatic carbocycles. The van der Waals surface area contributed by atoms with Crippen molar-refractivity contribution in [2.75, 3.05) is 17.2 Å². The van der Waals surface area contributed by atoms with Gasteiger partial charge >= 0.3 is 6.03 Å². The Labute approximate surface area is 193 Å². The number of aryl methyl sites for hydroxylation is 1. The third-order valence-electron chi connectivity index (χ3n) is 5.09. The standard InChI is InChI=1S/C25H30FN5O2/c1-6-21-19(11-16-14-28-23(29-15(2)32)13-22(16)31-21)18-12-17(7-8-20(18)26)30-24(33)27-10-9-25(3,4)5/h7-8,11-14H,6,9-10H2,1-5H3,(H2,27,30,33)(H,28,29,32). The van der Waals surface area contributed by atoms with E-state index in [4.69, 9.17) is 0 Å². The molecule has 0 aliphatic rings. The third-order valence-corrected chi connectivity index (χ3v) is 5.09. The number of rotatable bonds is 6. The maximum absolute atomic E-state index is 14.8. The minimum absolute atomic E-state index is 0.119. The molecule has 174 valence electrons. The number of fused-ring (bicyclic) bond motifs is 1. The zero-order valence-electron chi connectivity index (χ0n) is 19.7. The van der Waals surface area contributed by atoms with Gasteiger partial charge in [-0.25, -0.2) is 14.2 Å². The summed E-state index contributed by atoms with van der Waals surface area (Å²) in [5.41, 5.74) is 2.94. The predicted molar refractivity (Wildman–Crippen MR) is 130 cm³/mol. The van der Waals surface area contributed by atoms with E-state index in [1.165, 1.54) is 19.1 Å². The summed E-state index contributed by atoms with van der Waals surface area (Å²) >= 11 is 0. The Bertz CT molecular complexity index is 1190. The van der Waals surface area contributed by atoms with E-state index in [0.29, 0.717) is 52.2 Å². The average Bonchev–Trinajstić information content (AvgIpc) is 2.72. The molecule has 0 saturated heterocycles. The molecule has 0 spiro atoms. The lowest BCUT2D eigenvalue weighted by Crippen LogP contribution is -2.31. The van der Waals surface area contributed by atoms with Crippen LogP contribution in [0.2, 0.25) is 0 Å². The number of carbonyl (C=O) groups is 2. The molecule has 0 bridgehead atoms. The first-order chi connectivity index (χ1) is 15.6. The van der Waals surface area contributed by atoms with E-state index in [1.54, 1.807) is 18.3 Å². The molecule has 33 heavy (non-hydrogen) atoms. The van der Waals surface area contributed by atoms with Crippen LogP contribution in [0.4, 0.5) is 20.7 Å². The molecular formula is C25H30FN5O2. The number of amides is 3. The molecule has 0 saturated carbocycles. The molecule has 3 amide bonds. The molecule has 0 atom stereocenters. The van der Waals surface area contributed by atoms with Crippen LogP contribution in [0.25, 0.3) is 22.0 Å². The van der Waals surface area contributed by atoms with Crippen molar-refractivity contribution in [1.29, 1.82) is 0 Å². The van der Waals surface area contributed by atoms with Gasteiger partial charge in [-0.05, 0) is 42.5 Å². The maximum atomic E-state index is 14.8. The maximum Gasteiger partial charge on any atom is 0.319 e. The number of carbonyl (C=O) groups excluding carboxylic acids is 2. The summed E-state index contributed by atoms with van der Waals surface area (Å²) in [5.74, 6) is -0.220. The summed E-state index contributed by atoms with van der Waals surface area (Å²) in [5, 5.41) is 8.97. The Morgan fingerprint density at radius 3 is 2.48 bits per heavy atom. The zero-order chi connectivity index (χ0) is 24.2. The lowest BCUT2D eigenvalue weighted by atomic mass is 9.92. The Kier molecular flexibility index (Phi) is 7.26. The van der Waals surface area contributed by atoms with E-state index in [2.05, 4.69) is 46.7 Å². The highest BCUT2D eigenvalue weighted by Crippen LogP contribution is 2.31. The highest BCUT2D eigenvalue weighted by atomic mass is 19.1. The molecular weight excluding hydrogens is 421 g/mol. The summed E-state index contributed by atoms with van der Waals surface area (Å²) in [6, 6.07) is 7.66. The SMILES string of the molecule is CCc1nc2cc(NC(C)=O)ncc2cc1-c1cc(NC(=O)NCCC(C)(C)C)ccc1F. The molecule has 3 aromatic rings. The fourth-order valence-corrected chi connectivity index (χ4v) is 3.39. The van der Waals surface area contributed by atoms with E-state index < -0.39 is 5.82 Å². The average molecular weight is 452 g/mol. The Hall–Kier alpha value is -3.55. The first-order valence-corrected chi connectivity index (χ1v) is 11.0. The van der Waals surface area contributed by atoms with Crippen molar-refractivity contribution in [2.45, 2.75) is 47.5 Å². The second-order valence-corrected chi connectivity index (χ2v) is 9.17. The van der Waals surface area contributed by atoms with Gasteiger partial charge in [-0.2, -0.15) is 0 Å². The number of halogens is 1. The number of hydrogen-bond donors (Lipinski definition) is 3. The highest BCUT2D eigenvalue weighted by molar-refractivity contribution is 5.93. The fraction of sp³-hybridized carbons (Fsp3) is 0.360.